The van der Waals surface area contributed by atoms with Gasteiger partial charge in [-0.25, -0.2) is 4.98 Å². The number of hydrogen-bond acceptors (Lipinski definition) is 3. The molecule has 1 unspecified atom stereocenters. The van der Waals surface area contributed by atoms with Gasteiger partial charge >= 0.3 is 0 Å². The van der Waals surface area contributed by atoms with Gasteiger partial charge < -0.3 is 10.2 Å². The van der Waals surface area contributed by atoms with Gasteiger partial charge in [-0.3, -0.25) is 0 Å². The van der Waals surface area contributed by atoms with Gasteiger partial charge in [-0.1, -0.05) is 20.8 Å². The van der Waals surface area contributed by atoms with Gasteiger partial charge in [-0.05, 0) is 55.3 Å². The van der Waals surface area contributed by atoms with Crippen molar-refractivity contribution in [1.29, 1.82) is 0 Å². The molecule has 1 saturated heterocycles. The zero-order chi connectivity index (χ0) is 14.4. The van der Waals surface area contributed by atoms with Gasteiger partial charge in [0.25, 0.3) is 0 Å². The number of nitrogens with zero attached hydrogens (tertiary/aromatic N) is 2. The second-order valence-electron chi connectivity index (χ2n) is 6.57. The molecule has 0 bridgehead atoms. The van der Waals surface area contributed by atoms with E-state index in [9.17, 15) is 0 Å². The van der Waals surface area contributed by atoms with E-state index in [1.807, 2.05) is 6.20 Å². The van der Waals surface area contributed by atoms with Crippen LogP contribution in [0.1, 0.15) is 45.6 Å². The first-order valence-electron chi connectivity index (χ1n) is 8.05. The molecule has 1 aliphatic rings. The molecule has 0 aliphatic carbocycles. The standard InChI is InChI=1S/C17H29N3/c1-14(2)12-18-13-16-6-8-19-17(11-16)20-9-4-5-15(3)7-10-20/h6,8,11,14-15,18H,4-5,7,9-10,12-13H2,1-3H3. The summed E-state index contributed by atoms with van der Waals surface area (Å²) < 4.78 is 0. The molecule has 0 radical (unpaired) electrons. The van der Waals surface area contributed by atoms with E-state index < -0.39 is 0 Å². The van der Waals surface area contributed by atoms with Gasteiger partial charge in [0.05, 0.1) is 0 Å². The Morgan fingerprint density at radius 3 is 3.00 bits per heavy atom. The number of anilines is 1. The highest BCUT2D eigenvalue weighted by molar-refractivity contribution is 5.41. The minimum atomic E-state index is 0.698. The maximum Gasteiger partial charge on any atom is 0.128 e. The Morgan fingerprint density at radius 1 is 1.35 bits per heavy atom. The second kappa shape index (κ2) is 7.63. The zero-order valence-corrected chi connectivity index (χ0v) is 13.2. The molecule has 112 valence electrons. The molecular weight excluding hydrogens is 246 g/mol. The summed E-state index contributed by atoms with van der Waals surface area (Å²) in [6.07, 6.45) is 5.89. The average Bonchev–Trinajstić information content (AvgIpc) is 2.63. The first kappa shape index (κ1) is 15.3. The molecule has 1 N–H and O–H groups in total. The Hall–Kier alpha value is -1.09. The zero-order valence-electron chi connectivity index (χ0n) is 13.2. The van der Waals surface area contributed by atoms with Crippen molar-refractivity contribution in [2.24, 2.45) is 11.8 Å². The lowest BCUT2D eigenvalue weighted by Gasteiger charge is -2.22. The number of rotatable bonds is 5. The Morgan fingerprint density at radius 2 is 2.20 bits per heavy atom. The second-order valence-corrected chi connectivity index (χ2v) is 6.57. The summed E-state index contributed by atoms with van der Waals surface area (Å²) in [7, 11) is 0. The van der Waals surface area contributed by atoms with E-state index in [4.69, 9.17) is 0 Å². The summed E-state index contributed by atoms with van der Waals surface area (Å²) in [4.78, 5) is 7.02. The Bertz CT molecular complexity index is 403. The lowest BCUT2D eigenvalue weighted by Crippen LogP contribution is -2.25. The molecule has 1 aliphatic heterocycles. The minimum Gasteiger partial charge on any atom is -0.357 e. The molecule has 20 heavy (non-hydrogen) atoms. The molecule has 3 nitrogen and oxygen atoms in total. The van der Waals surface area contributed by atoms with Crippen LogP contribution in [0.25, 0.3) is 0 Å². The van der Waals surface area contributed by atoms with E-state index in [0.29, 0.717) is 5.92 Å². The van der Waals surface area contributed by atoms with Crippen LogP contribution < -0.4 is 10.2 Å². The summed E-state index contributed by atoms with van der Waals surface area (Å²) >= 11 is 0. The third-order valence-corrected chi connectivity index (χ3v) is 4.03. The number of nitrogens with one attached hydrogen (secondary N) is 1. The Kier molecular flexibility index (Phi) is 5.84. The molecule has 1 fully saturated rings. The SMILES string of the molecule is CC(C)CNCc1ccnc(N2CCCC(C)CC2)c1. The summed E-state index contributed by atoms with van der Waals surface area (Å²) in [6.45, 7) is 11.2. The lowest BCUT2D eigenvalue weighted by molar-refractivity contribution is 0.521. The van der Waals surface area contributed by atoms with E-state index >= 15 is 0 Å². The van der Waals surface area contributed by atoms with Gasteiger partial charge in [0, 0.05) is 25.8 Å². The van der Waals surface area contributed by atoms with Crippen LogP contribution in [0.5, 0.6) is 0 Å². The van der Waals surface area contributed by atoms with E-state index in [-0.39, 0.29) is 0 Å². The maximum atomic E-state index is 4.57. The number of hydrogen-bond donors (Lipinski definition) is 1. The van der Waals surface area contributed by atoms with Crippen LogP contribution in [0.4, 0.5) is 5.82 Å². The van der Waals surface area contributed by atoms with Crippen molar-refractivity contribution in [3.05, 3.63) is 23.9 Å². The largest absolute Gasteiger partial charge is 0.357 e. The maximum absolute atomic E-state index is 4.57. The first-order chi connectivity index (χ1) is 9.65. The van der Waals surface area contributed by atoms with Gasteiger partial charge in [0.1, 0.15) is 5.82 Å². The predicted molar refractivity (Wildman–Crippen MR) is 86.0 cm³/mol. The summed E-state index contributed by atoms with van der Waals surface area (Å²) in [5.41, 5.74) is 1.34. The molecule has 2 rings (SSSR count). The molecule has 0 amide bonds. The molecule has 1 aromatic heterocycles. The molecule has 0 spiro atoms. The highest BCUT2D eigenvalue weighted by Gasteiger charge is 2.15. The fourth-order valence-electron chi connectivity index (χ4n) is 2.74. The predicted octanol–water partition coefficient (Wildman–Crippen LogP) is 3.45. The monoisotopic (exact) mass is 275 g/mol. The molecular formula is C17H29N3. The van der Waals surface area contributed by atoms with Crippen molar-refractivity contribution >= 4 is 5.82 Å². The quantitative estimate of drug-likeness (QED) is 0.892. The van der Waals surface area contributed by atoms with Crippen LogP contribution in [0.3, 0.4) is 0 Å². The van der Waals surface area contributed by atoms with Gasteiger partial charge in [0.2, 0.25) is 0 Å². The van der Waals surface area contributed by atoms with Crippen LogP contribution in [-0.4, -0.2) is 24.6 Å². The van der Waals surface area contributed by atoms with Crippen LogP contribution in [0, 0.1) is 11.8 Å². The highest BCUT2D eigenvalue weighted by Crippen LogP contribution is 2.21. The van der Waals surface area contributed by atoms with E-state index in [2.05, 4.69) is 48.1 Å². The van der Waals surface area contributed by atoms with Crippen molar-refractivity contribution in [2.45, 2.75) is 46.6 Å². The number of aromatic nitrogens is 1. The van der Waals surface area contributed by atoms with Crippen molar-refractivity contribution in [3.63, 3.8) is 0 Å². The fourth-order valence-corrected chi connectivity index (χ4v) is 2.74. The van der Waals surface area contributed by atoms with Crippen molar-refractivity contribution in [1.82, 2.24) is 10.3 Å². The third-order valence-electron chi connectivity index (χ3n) is 4.03. The van der Waals surface area contributed by atoms with E-state index in [0.717, 1.165) is 37.9 Å². The lowest BCUT2D eigenvalue weighted by atomic mass is 10.0. The van der Waals surface area contributed by atoms with Crippen molar-refractivity contribution in [2.75, 3.05) is 24.5 Å². The van der Waals surface area contributed by atoms with Crippen LogP contribution in [0.15, 0.2) is 18.3 Å². The van der Waals surface area contributed by atoms with Crippen LogP contribution >= 0.6 is 0 Å². The first-order valence-corrected chi connectivity index (χ1v) is 8.05. The van der Waals surface area contributed by atoms with E-state index in [1.54, 1.807) is 0 Å². The molecule has 0 saturated carbocycles. The van der Waals surface area contributed by atoms with Gasteiger partial charge in [-0.2, -0.15) is 0 Å². The van der Waals surface area contributed by atoms with E-state index in [1.165, 1.54) is 24.8 Å². The average molecular weight is 275 g/mol. The summed E-state index contributed by atoms with van der Waals surface area (Å²) in [5, 5.41) is 3.50. The van der Waals surface area contributed by atoms with Gasteiger partial charge in [0.15, 0.2) is 0 Å². The molecule has 3 heteroatoms. The Labute approximate surface area is 123 Å². The van der Waals surface area contributed by atoms with Crippen LogP contribution in [-0.2, 0) is 6.54 Å². The van der Waals surface area contributed by atoms with Crippen molar-refractivity contribution in [3.8, 4) is 0 Å². The minimum absolute atomic E-state index is 0.698. The highest BCUT2D eigenvalue weighted by atomic mass is 15.2. The van der Waals surface area contributed by atoms with Gasteiger partial charge in [-0.15, -0.1) is 0 Å². The summed E-state index contributed by atoms with van der Waals surface area (Å²) in [6, 6.07) is 4.38. The third kappa shape index (κ3) is 4.78. The molecule has 1 atom stereocenters. The normalized spacial score (nSPS) is 20.2. The number of pyridine rings is 1. The topological polar surface area (TPSA) is 28.2 Å². The smallest absolute Gasteiger partial charge is 0.128 e. The fraction of sp³-hybridized carbons (Fsp3) is 0.706. The van der Waals surface area contributed by atoms with Crippen LogP contribution in [0.2, 0.25) is 0 Å². The van der Waals surface area contributed by atoms with Crippen molar-refractivity contribution < 1.29 is 0 Å². The summed E-state index contributed by atoms with van der Waals surface area (Å²) in [5.74, 6) is 2.71. The molecule has 2 heterocycles. The Balaban J connectivity index is 1.94. The molecule has 1 aromatic rings. The molecule has 0 aromatic carbocycles.